The van der Waals surface area contributed by atoms with E-state index in [2.05, 4.69) is 10.3 Å². The summed E-state index contributed by atoms with van der Waals surface area (Å²) in [4.78, 5) is 3.97. The minimum Gasteiger partial charge on any atom is -0.494 e. The van der Waals surface area contributed by atoms with Crippen LogP contribution in [-0.2, 0) is 0 Å². The van der Waals surface area contributed by atoms with Crippen molar-refractivity contribution in [2.75, 3.05) is 26.2 Å². The van der Waals surface area contributed by atoms with E-state index in [1.807, 2.05) is 12.1 Å². The number of ether oxygens (including phenoxy) is 1. The first-order valence-corrected chi connectivity index (χ1v) is 9.43. The van der Waals surface area contributed by atoms with Crippen LogP contribution in [-0.4, -0.2) is 38.0 Å². The Balaban J connectivity index is 1.86. The predicted octanol–water partition coefficient (Wildman–Crippen LogP) is 1.94. The molecule has 0 aromatic heterocycles. The van der Waals surface area contributed by atoms with Crippen LogP contribution in [0.4, 0.5) is 0 Å². The lowest BCUT2D eigenvalue weighted by atomic mass is 10.1. The molecule has 0 saturated carbocycles. The van der Waals surface area contributed by atoms with E-state index in [1.54, 1.807) is 12.1 Å². The Morgan fingerprint density at radius 1 is 0.885 bits per heavy atom. The summed E-state index contributed by atoms with van der Waals surface area (Å²) in [5.41, 5.74) is 16.7. The molecule has 146 valence electrons. The van der Waals surface area contributed by atoms with Gasteiger partial charge in [-0.1, -0.05) is 19.3 Å². The Labute approximate surface area is 156 Å². The third-order valence-electron chi connectivity index (χ3n) is 3.99. The molecule has 0 heterocycles. The first-order valence-electron chi connectivity index (χ1n) is 9.43. The van der Waals surface area contributed by atoms with Gasteiger partial charge in [-0.25, -0.2) is 0 Å². The Morgan fingerprint density at radius 3 is 2.15 bits per heavy atom. The van der Waals surface area contributed by atoms with Gasteiger partial charge in [-0.3, -0.25) is 10.4 Å². The van der Waals surface area contributed by atoms with Crippen molar-refractivity contribution < 1.29 is 4.74 Å². The fourth-order valence-corrected chi connectivity index (χ4v) is 2.50. The van der Waals surface area contributed by atoms with Gasteiger partial charge in [0.05, 0.1) is 6.61 Å². The zero-order valence-corrected chi connectivity index (χ0v) is 15.7. The van der Waals surface area contributed by atoms with Crippen molar-refractivity contribution in [3.05, 3.63) is 29.8 Å². The van der Waals surface area contributed by atoms with Gasteiger partial charge in [-0.05, 0) is 63.0 Å². The highest BCUT2D eigenvalue weighted by molar-refractivity contribution is 5.94. The lowest BCUT2D eigenvalue weighted by Crippen LogP contribution is -2.22. The number of unbranched alkanes of at least 4 members (excludes halogenated alkanes) is 5. The summed E-state index contributed by atoms with van der Waals surface area (Å²) in [5.74, 6) is 1.09. The standard InChI is InChI=1S/C19H34N6O/c20-18(21)16-8-10-17(11-9-16)26-15-7-6-13-24-12-4-2-1-3-5-14-25-19(22)23/h8-11,24H,1-7,12-15H2,(H3,20,21)(H4,22,23,25). The number of aliphatic imine (C=N–C) groups is 1. The number of rotatable bonds is 15. The summed E-state index contributed by atoms with van der Waals surface area (Å²) in [7, 11) is 0. The number of hydrogen-bond donors (Lipinski definition) is 5. The van der Waals surface area contributed by atoms with Gasteiger partial charge in [-0.15, -0.1) is 0 Å². The van der Waals surface area contributed by atoms with Crippen molar-refractivity contribution in [2.24, 2.45) is 22.2 Å². The predicted molar refractivity (Wildman–Crippen MR) is 109 cm³/mol. The van der Waals surface area contributed by atoms with Crippen LogP contribution in [0, 0.1) is 5.41 Å². The van der Waals surface area contributed by atoms with E-state index in [0.29, 0.717) is 6.61 Å². The van der Waals surface area contributed by atoms with Crippen LogP contribution in [0.25, 0.3) is 0 Å². The van der Waals surface area contributed by atoms with Crippen molar-refractivity contribution in [3.63, 3.8) is 0 Å². The quantitative estimate of drug-likeness (QED) is 0.184. The van der Waals surface area contributed by atoms with Crippen molar-refractivity contribution in [3.8, 4) is 5.75 Å². The topological polar surface area (TPSA) is 136 Å². The molecule has 0 fully saturated rings. The smallest absolute Gasteiger partial charge is 0.185 e. The highest BCUT2D eigenvalue weighted by atomic mass is 16.5. The Hall–Kier alpha value is -2.28. The second-order valence-corrected chi connectivity index (χ2v) is 6.32. The Morgan fingerprint density at radius 2 is 1.50 bits per heavy atom. The second kappa shape index (κ2) is 13.9. The second-order valence-electron chi connectivity index (χ2n) is 6.32. The molecule has 26 heavy (non-hydrogen) atoms. The molecule has 7 nitrogen and oxygen atoms in total. The van der Waals surface area contributed by atoms with Gasteiger partial charge in [0.15, 0.2) is 5.96 Å². The molecular formula is C19H34N6O. The summed E-state index contributed by atoms with van der Waals surface area (Å²) >= 11 is 0. The summed E-state index contributed by atoms with van der Waals surface area (Å²) in [6, 6.07) is 7.32. The van der Waals surface area contributed by atoms with Gasteiger partial charge in [-0.2, -0.15) is 0 Å². The lowest BCUT2D eigenvalue weighted by molar-refractivity contribution is 0.305. The average Bonchev–Trinajstić information content (AvgIpc) is 2.62. The van der Waals surface area contributed by atoms with Gasteiger partial charge < -0.3 is 27.3 Å². The summed E-state index contributed by atoms with van der Waals surface area (Å²) in [5, 5.41) is 10.8. The van der Waals surface area contributed by atoms with Crippen LogP contribution in [0.1, 0.15) is 50.5 Å². The molecule has 0 bridgehead atoms. The fraction of sp³-hybridized carbons (Fsp3) is 0.579. The van der Waals surface area contributed by atoms with Crippen LogP contribution < -0.4 is 27.3 Å². The van der Waals surface area contributed by atoms with Gasteiger partial charge >= 0.3 is 0 Å². The number of nitrogen functional groups attached to an aromatic ring is 1. The van der Waals surface area contributed by atoms with Gasteiger partial charge in [0, 0.05) is 12.1 Å². The Bertz CT molecular complexity index is 525. The number of amidine groups is 1. The number of nitrogens with one attached hydrogen (secondary N) is 2. The molecule has 8 N–H and O–H groups in total. The molecule has 0 atom stereocenters. The molecule has 0 saturated heterocycles. The first-order chi connectivity index (χ1) is 12.6. The minimum absolute atomic E-state index is 0.0774. The fourth-order valence-electron chi connectivity index (χ4n) is 2.50. The van der Waals surface area contributed by atoms with Crippen LogP contribution in [0.3, 0.4) is 0 Å². The molecule has 7 heteroatoms. The van der Waals surface area contributed by atoms with Crippen molar-refractivity contribution in [1.29, 1.82) is 5.41 Å². The van der Waals surface area contributed by atoms with Crippen LogP contribution >= 0.6 is 0 Å². The number of nitrogens with zero attached hydrogens (tertiary/aromatic N) is 1. The van der Waals surface area contributed by atoms with Crippen molar-refractivity contribution >= 4 is 11.8 Å². The van der Waals surface area contributed by atoms with Crippen molar-refractivity contribution in [1.82, 2.24) is 5.32 Å². The van der Waals surface area contributed by atoms with Crippen LogP contribution in [0.2, 0.25) is 0 Å². The molecule has 0 radical (unpaired) electrons. The maximum Gasteiger partial charge on any atom is 0.185 e. The maximum atomic E-state index is 7.35. The highest BCUT2D eigenvalue weighted by Crippen LogP contribution is 2.12. The SMILES string of the molecule is N=C(N)c1ccc(OCCCCNCCCCCCCN=C(N)N)cc1. The van der Waals surface area contributed by atoms with E-state index in [-0.39, 0.29) is 11.8 Å². The van der Waals surface area contributed by atoms with E-state index in [0.717, 1.165) is 50.2 Å². The third-order valence-corrected chi connectivity index (χ3v) is 3.99. The molecule has 0 amide bonds. The Kier molecular flexibility index (Phi) is 11.7. The normalized spacial score (nSPS) is 10.5. The first kappa shape index (κ1) is 21.8. The van der Waals surface area contributed by atoms with E-state index in [4.69, 9.17) is 27.3 Å². The maximum absolute atomic E-state index is 7.35. The lowest BCUT2D eigenvalue weighted by Gasteiger charge is -2.08. The molecule has 0 unspecified atom stereocenters. The van der Waals surface area contributed by atoms with Gasteiger partial charge in [0.1, 0.15) is 11.6 Å². The van der Waals surface area contributed by atoms with Gasteiger partial charge in [0.25, 0.3) is 0 Å². The van der Waals surface area contributed by atoms with Crippen molar-refractivity contribution in [2.45, 2.75) is 44.9 Å². The highest BCUT2D eigenvalue weighted by Gasteiger charge is 1.98. The molecule has 0 aliphatic carbocycles. The molecule has 0 aliphatic rings. The molecule has 1 aromatic rings. The molecule has 1 rings (SSSR count). The van der Waals surface area contributed by atoms with Gasteiger partial charge in [0.2, 0.25) is 0 Å². The van der Waals surface area contributed by atoms with Crippen LogP contribution in [0.15, 0.2) is 29.3 Å². The number of hydrogen-bond acceptors (Lipinski definition) is 4. The molecule has 0 aliphatic heterocycles. The minimum atomic E-state index is 0.0774. The van der Waals surface area contributed by atoms with E-state index in [1.165, 1.54) is 25.7 Å². The van der Waals surface area contributed by atoms with E-state index < -0.39 is 0 Å². The molecule has 1 aromatic carbocycles. The average molecular weight is 363 g/mol. The number of nitrogens with two attached hydrogens (primary N) is 3. The molecular weight excluding hydrogens is 328 g/mol. The third kappa shape index (κ3) is 11.3. The zero-order valence-electron chi connectivity index (χ0n) is 15.7. The molecule has 0 spiro atoms. The largest absolute Gasteiger partial charge is 0.494 e. The summed E-state index contributed by atoms with van der Waals surface area (Å²) < 4.78 is 5.68. The van der Waals surface area contributed by atoms with E-state index >= 15 is 0 Å². The van der Waals surface area contributed by atoms with E-state index in [9.17, 15) is 0 Å². The zero-order chi connectivity index (χ0) is 19.0. The number of benzene rings is 1. The monoisotopic (exact) mass is 362 g/mol. The van der Waals surface area contributed by atoms with Crippen LogP contribution in [0.5, 0.6) is 5.75 Å². The number of guanidine groups is 1. The summed E-state index contributed by atoms with van der Waals surface area (Å²) in [6.07, 6.45) is 8.05. The summed E-state index contributed by atoms with van der Waals surface area (Å²) in [6.45, 7) is 3.54.